The van der Waals surface area contributed by atoms with E-state index in [1.165, 1.54) is 26.8 Å². The van der Waals surface area contributed by atoms with E-state index in [0.29, 0.717) is 5.56 Å². The maximum Gasteiger partial charge on any atom is 0.253 e. The Labute approximate surface area is 117 Å². The summed E-state index contributed by atoms with van der Waals surface area (Å²) in [5, 5.41) is 22.5. The predicted octanol–water partition coefficient (Wildman–Crippen LogP) is -0.323. The minimum absolute atomic E-state index is 0.248. The first-order chi connectivity index (χ1) is 9.20. The van der Waals surface area contributed by atoms with Crippen LogP contribution < -0.4 is 10.4 Å². The van der Waals surface area contributed by atoms with Crippen LogP contribution in [0, 0.1) is 11.8 Å². The summed E-state index contributed by atoms with van der Waals surface area (Å²) < 4.78 is 0. The molecule has 1 amide bonds. The van der Waals surface area contributed by atoms with E-state index in [1.54, 1.807) is 18.2 Å². The SMILES string of the molecule is C[C@@H](NC(=O)c1ccccc1C#CC(C)(C)O)C(=O)[O-]. The van der Waals surface area contributed by atoms with Crippen LogP contribution in [0.1, 0.15) is 36.7 Å². The molecule has 0 aliphatic heterocycles. The summed E-state index contributed by atoms with van der Waals surface area (Å²) in [7, 11) is 0. The Morgan fingerprint density at radius 2 is 1.95 bits per heavy atom. The van der Waals surface area contributed by atoms with Crippen LogP contribution in [0.5, 0.6) is 0 Å². The number of carboxylic acids is 1. The largest absolute Gasteiger partial charge is 0.548 e. The highest BCUT2D eigenvalue weighted by Gasteiger charge is 2.13. The summed E-state index contributed by atoms with van der Waals surface area (Å²) in [6.07, 6.45) is 0. The average molecular weight is 274 g/mol. The molecule has 0 aliphatic rings. The van der Waals surface area contributed by atoms with Crippen molar-refractivity contribution in [3.8, 4) is 11.8 Å². The molecule has 0 fully saturated rings. The molecular formula is C15H16NO4-. The standard InChI is InChI=1S/C15H17NO4/c1-10(14(18)19)16-13(17)12-7-5-4-6-11(12)8-9-15(2,3)20/h4-7,10,20H,1-3H3,(H,16,17)(H,18,19)/p-1/t10-/m1/s1. The van der Waals surface area contributed by atoms with E-state index in [4.69, 9.17) is 0 Å². The van der Waals surface area contributed by atoms with Gasteiger partial charge in [-0.25, -0.2) is 0 Å². The van der Waals surface area contributed by atoms with E-state index >= 15 is 0 Å². The average Bonchev–Trinajstić information content (AvgIpc) is 2.35. The second kappa shape index (κ2) is 6.22. The fourth-order valence-electron chi connectivity index (χ4n) is 1.34. The van der Waals surface area contributed by atoms with Crippen molar-refractivity contribution in [2.24, 2.45) is 0 Å². The fourth-order valence-corrected chi connectivity index (χ4v) is 1.34. The summed E-state index contributed by atoms with van der Waals surface area (Å²) in [6, 6.07) is 5.40. The molecule has 1 aromatic carbocycles. The van der Waals surface area contributed by atoms with E-state index in [9.17, 15) is 19.8 Å². The van der Waals surface area contributed by atoms with Crippen molar-refractivity contribution in [2.45, 2.75) is 32.4 Å². The van der Waals surface area contributed by atoms with Gasteiger partial charge >= 0.3 is 0 Å². The second-order valence-corrected chi connectivity index (χ2v) is 4.87. The molecule has 20 heavy (non-hydrogen) atoms. The van der Waals surface area contributed by atoms with Gasteiger partial charge in [0.1, 0.15) is 5.60 Å². The fraction of sp³-hybridized carbons (Fsp3) is 0.333. The molecule has 5 nitrogen and oxygen atoms in total. The van der Waals surface area contributed by atoms with Crippen molar-refractivity contribution in [3.63, 3.8) is 0 Å². The number of hydrogen-bond donors (Lipinski definition) is 2. The lowest BCUT2D eigenvalue weighted by Gasteiger charge is -2.15. The maximum atomic E-state index is 12.0. The van der Waals surface area contributed by atoms with Gasteiger partial charge in [-0.3, -0.25) is 4.79 Å². The number of nitrogens with one attached hydrogen (secondary N) is 1. The number of carbonyl (C=O) groups is 2. The highest BCUT2D eigenvalue weighted by molar-refractivity contribution is 5.98. The normalized spacial score (nSPS) is 12.0. The molecule has 0 heterocycles. The maximum absolute atomic E-state index is 12.0. The monoisotopic (exact) mass is 274 g/mol. The lowest BCUT2D eigenvalue weighted by atomic mass is 10.0. The van der Waals surface area contributed by atoms with Crippen molar-refractivity contribution < 1.29 is 19.8 Å². The molecule has 106 valence electrons. The van der Waals surface area contributed by atoms with Gasteiger partial charge in [0.15, 0.2) is 0 Å². The Hall–Kier alpha value is -2.32. The number of rotatable bonds is 3. The third kappa shape index (κ3) is 4.75. The van der Waals surface area contributed by atoms with Crippen LogP contribution in [0.15, 0.2) is 24.3 Å². The molecule has 0 radical (unpaired) electrons. The van der Waals surface area contributed by atoms with E-state index in [0.717, 1.165) is 0 Å². The van der Waals surface area contributed by atoms with Gasteiger partial charge in [-0.2, -0.15) is 0 Å². The first-order valence-corrected chi connectivity index (χ1v) is 6.07. The van der Waals surface area contributed by atoms with Gasteiger partial charge in [-0.1, -0.05) is 24.0 Å². The summed E-state index contributed by atoms with van der Waals surface area (Å²) >= 11 is 0. The molecule has 0 spiro atoms. The van der Waals surface area contributed by atoms with Gasteiger partial charge in [0.05, 0.1) is 17.6 Å². The molecule has 1 atom stereocenters. The Kier molecular flexibility index (Phi) is 4.89. The third-order valence-electron chi connectivity index (χ3n) is 2.38. The van der Waals surface area contributed by atoms with Crippen LogP contribution in [0.4, 0.5) is 0 Å². The lowest BCUT2D eigenvalue weighted by Crippen LogP contribution is -2.46. The first kappa shape index (κ1) is 15.7. The molecule has 0 aromatic heterocycles. The predicted molar refractivity (Wildman–Crippen MR) is 71.6 cm³/mol. The zero-order valence-electron chi connectivity index (χ0n) is 11.6. The molecule has 0 unspecified atom stereocenters. The smallest absolute Gasteiger partial charge is 0.253 e. The molecule has 1 aromatic rings. The Morgan fingerprint density at radius 1 is 1.35 bits per heavy atom. The van der Waals surface area contributed by atoms with Gasteiger partial charge in [-0.15, -0.1) is 0 Å². The van der Waals surface area contributed by atoms with E-state index in [-0.39, 0.29) is 5.56 Å². The van der Waals surface area contributed by atoms with Crippen molar-refractivity contribution in [3.05, 3.63) is 35.4 Å². The summed E-state index contributed by atoms with van der Waals surface area (Å²) in [5.74, 6) is 3.40. The van der Waals surface area contributed by atoms with E-state index in [2.05, 4.69) is 17.2 Å². The van der Waals surface area contributed by atoms with Crippen LogP contribution in [0.2, 0.25) is 0 Å². The van der Waals surface area contributed by atoms with Crippen LogP contribution in [0.25, 0.3) is 0 Å². The molecular weight excluding hydrogens is 258 g/mol. The highest BCUT2D eigenvalue weighted by atomic mass is 16.4. The number of amides is 1. The zero-order valence-corrected chi connectivity index (χ0v) is 11.6. The van der Waals surface area contributed by atoms with Crippen LogP contribution in [-0.2, 0) is 4.79 Å². The Morgan fingerprint density at radius 3 is 2.50 bits per heavy atom. The van der Waals surface area contributed by atoms with Crippen molar-refractivity contribution in [1.82, 2.24) is 5.32 Å². The number of aliphatic hydroxyl groups is 1. The minimum atomic E-state index is -1.36. The van der Waals surface area contributed by atoms with Crippen LogP contribution in [0.3, 0.4) is 0 Å². The summed E-state index contributed by atoms with van der Waals surface area (Å²) in [4.78, 5) is 22.6. The van der Waals surface area contributed by atoms with Crippen LogP contribution in [-0.4, -0.2) is 28.6 Å². The quantitative estimate of drug-likeness (QED) is 0.739. The topological polar surface area (TPSA) is 89.5 Å². The molecule has 0 bridgehead atoms. The zero-order chi connectivity index (χ0) is 15.3. The second-order valence-electron chi connectivity index (χ2n) is 4.87. The molecule has 5 heteroatoms. The summed E-state index contributed by atoms with van der Waals surface area (Å²) in [6.45, 7) is 4.38. The third-order valence-corrected chi connectivity index (χ3v) is 2.38. The first-order valence-electron chi connectivity index (χ1n) is 6.07. The van der Waals surface area contributed by atoms with E-state index < -0.39 is 23.5 Å². The number of benzene rings is 1. The Bertz CT molecular complexity index is 576. The lowest BCUT2D eigenvalue weighted by molar-refractivity contribution is -0.307. The van der Waals surface area contributed by atoms with Crippen molar-refractivity contribution in [2.75, 3.05) is 0 Å². The summed E-state index contributed by atoms with van der Waals surface area (Å²) in [5.41, 5.74) is -0.517. The van der Waals surface area contributed by atoms with Crippen LogP contribution >= 0.6 is 0 Å². The van der Waals surface area contributed by atoms with Gasteiger partial charge in [-0.05, 0) is 32.9 Å². The van der Waals surface area contributed by atoms with Gasteiger partial charge in [0.2, 0.25) is 0 Å². The number of carbonyl (C=O) groups excluding carboxylic acids is 2. The highest BCUT2D eigenvalue weighted by Crippen LogP contribution is 2.08. The van der Waals surface area contributed by atoms with Gasteiger partial charge < -0.3 is 20.3 Å². The van der Waals surface area contributed by atoms with Crippen molar-refractivity contribution in [1.29, 1.82) is 0 Å². The molecule has 2 N–H and O–H groups in total. The van der Waals surface area contributed by atoms with Crippen molar-refractivity contribution >= 4 is 11.9 Å². The van der Waals surface area contributed by atoms with Gasteiger partial charge in [0.25, 0.3) is 5.91 Å². The molecule has 0 aliphatic carbocycles. The number of hydrogen-bond acceptors (Lipinski definition) is 4. The van der Waals surface area contributed by atoms with E-state index in [1.807, 2.05) is 0 Å². The minimum Gasteiger partial charge on any atom is -0.548 e. The Balaban J connectivity index is 3.04. The molecule has 1 rings (SSSR count). The number of carboxylic acid groups (broad SMARTS) is 1. The van der Waals surface area contributed by atoms with Gasteiger partial charge in [0, 0.05) is 5.56 Å². The molecule has 0 saturated carbocycles. The number of aliphatic carboxylic acids is 1. The molecule has 0 saturated heterocycles.